The molecular formula is C29H42O2Sn. The molecule has 0 spiro atoms. The van der Waals surface area contributed by atoms with Crippen LogP contribution in [-0.2, 0) is 14.8 Å². The molecule has 0 bridgehead atoms. The molecule has 0 unspecified atom stereocenters. The Labute approximate surface area is 200 Å². The number of ether oxygens (including phenoxy) is 1. The van der Waals surface area contributed by atoms with Crippen LogP contribution in [0.1, 0.15) is 110 Å². The summed E-state index contributed by atoms with van der Waals surface area (Å²) >= 11 is -2.78. The van der Waals surface area contributed by atoms with Crippen molar-refractivity contribution in [3.05, 3.63) is 69.8 Å². The molecule has 0 aromatic heterocycles. The fourth-order valence-electron chi connectivity index (χ4n) is 5.23. The minimum absolute atomic E-state index is 0.115. The standard InChI is InChI=1S/C26H33O2.3CH3.Sn/c1-16(2)20-14-22(17(3)4)25(23(15-20)18(5)6)26(27)28-24-13-9-11-19-10-7-8-12-21(19)24;;;;/h7-8,10,12,14-18H,9,11,13H2,1-6H3;3*1H3;. The molecule has 0 saturated carbocycles. The number of carbonyl (C=O) groups excluding carboxylic acids is 1. The van der Waals surface area contributed by atoms with Crippen LogP contribution in [0.2, 0.25) is 14.8 Å². The van der Waals surface area contributed by atoms with E-state index < -0.39 is 22.0 Å². The summed E-state index contributed by atoms with van der Waals surface area (Å²) in [5, 5.41) is 0. The van der Waals surface area contributed by atoms with Crippen LogP contribution in [0, 0.1) is 0 Å². The number of hydrogen-bond donors (Lipinski definition) is 0. The molecule has 1 aliphatic rings. The van der Waals surface area contributed by atoms with E-state index in [1.165, 1.54) is 16.7 Å². The summed E-state index contributed by atoms with van der Waals surface area (Å²) in [4.78, 5) is 21.4. The number of benzene rings is 2. The van der Waals surface area contributed by atoms with Gasteiger partial charge in [0.15, 0.2) is 0 Å². The van der Waals surface area contributed by atoms with Gasteiger partial charge in [0.05, 0.1) is 0 Å². The van der Waals surface area contributed by atoms with Gasteiger partial charge in [-0.25, -0.2) is 0 Å². The van der Waals surface area contributed by atoms with Crippen molar-refractivity contribution in [2.75, 3.05) is 0 Å². The quantitative estimate of drug-likeness (QED) is 0.272. The van der Waals surface area contributed by atoms with Gasteiger partial charge in [-0.3, -0.25) is 0 Å². The second kappa shape index (κ2) is 9.52. The van der Waals surface area contributed by atoms with Crippen molar-refractivity contribution in [3.63, 3.8) is 0 Å². The van der Waals surface area contributed by atoms with E-state index in [9.17, 15) is 4.79 Å². The molecule has 2 aromatic rings. The number of esters is 1. The Morgan fingerprint density at radius 2 is 1.47 bits per heavy atom. The SMILES string of the molecule is CC(C)c1cc(C(C)C)c(C(=O)O[C@]2([Sn]([CH3])([CH3])[CH3])CCCc3ccccc32)c(C(C)C)c1. The summed E-state index contributed by atoms with van der Waals surface area (Å²) in [5.74, 6) is 0.844. The van der Waals surface area contributed by atoms with Gasteiger partial charge >= 0.3 is 201 Å². The fourth-order valence-corrected chi connectivity index (χ4v) is 12.0. The zero-order valence-electron chi connectivity index (χ0n) is 21.6. The Hall–Kier alpha value is -1.29. The maximum atomic E-state index is 14.1. The van der Waals surface area contributed by atoms with Crippen molar-refractivity contribution in [1.29, 1.82) is 0 Å². The van der Waals surface area contributed by atoms with Crippen molar-refractivity contribution < 1.29 is 9.53 Å². The molecule has 0 radical (unpaired) electrons. The summed E-state index contributed by atoms with van der Waals surface area (Å²) in [6.07, 6.45) is 3.11. The molecule has 0 N–H and O–H groups in total. The average molecular weight is 541 g/mol. The van der Waals surface area contributed by atoms with Crippen molar-refractivity contribution >= 4 is 24.3 Å². The summed E-state index contributed by atoms with van der Waals surface area (Å²) in [6, 6.07) is 13.2. The van der Waals surface area contributed by atoms with E-state index in [0.717, 1.165) is 36.0 Å². The fraction of sp³-hybridized carbons (Fsp3) is 0.552. The topological polar surface area (TPSA) is 26.3 Å². The van der Waals surface area contributed by atoms with Gasteiger partial charge in [-0.05, 0) is 0 Å². The van der Waals surface area contributed by atoms with E-state index in [1.54, 1.807) is 0 Å². The van der Waals surface area contributed by atoms with Gasteiger partial charge in [0.1, 0.15) is 0 Å². The Kier molecular flexibility index (Phi) is 7.54. The molecule has 1 atom stereocenters. The number of aryl methyl sites for hydroxylation is 1. The van der Waals surface area contributed by atoms with E-state index >= 15 is 0 Å². The third-order valence-corrected chi connectivity index (χ3v) is 15.9. The zero-order valence-corrected chi connectivity index (χ0v) is 24.5. The van der Waals surface area contributed by atoms with Crippen molar-refractivity contribution in [2.45, 2.75) is 97.0 Å². The molecule has 0 aliphatic heterocycles. The Bertz CT molecular complexity index is 952. The molecule has 174 valence electrons. The number of rotatable bonds is 6. The molecule has 2 aromatic carbocycles. The Morgan fingerprint density at radius 1 is 0.906 bits per heavy atom. The van der Waals surface area contributed by atoms with Crippen LogP contribution in [0.4, 0.5) is 0 Å². The Morgan fingerprint density at radius 3 is 1.97 bits per heavy atom. The second-order valence-electron chi connectivity index (χ2n) is 11.5. The van der Waals surface area contributed by atoms with Crippen LogP contribution in [0.25, 0.3) is 0 Å². The zero-order chi connectivity index (χ0) is 23.8. The predicted molar refractivity (Wildman–Crippen MR) is 139 cm³/mol. The first kappa shape index (κ1) is 25.3. The number of carbonyl (C=O) groups is 1. The molecule has 2 nitrogen and oxygen atoms in total. The van der Waals surface area contributed by atoms with Crippen LogP contribution in [0.15, 0.2) is 36.4 Å². The molecule has 32 heavy (non-hydrogen) atoms. The average Bonchev–Trinajstić information content (AvgIpc) is 2.71. The first-order valence-electron chi connectivity index (χ1n) is 12.4. The van der Waals surface area contributed by atoms with Gasteiger partial charge in [-0.2, -0.15) is 0 Å². The van der Waals surface area contributed by atoms with Crippen LogP contribution >= 0.6 is 0 Å². The summed E-state index contributed by atoms with van der Waals surface area (Å²) in [6.45, 7) is 13.2. The molecule has 3 heteroatoms. The van der Waals surface area contributed by atoms with E-state index in [-0.39, 0.29) is 17.8 Å². The molecular weight excluding hydrogens is 499 g/mol. The monoisotopic (exact) mass is 542 g/mol. The van der Waals surface area contributed by atoms with Crippen LogP contribution in [0.3, 0.4) is 0 Å². The molecule has 3 rings (SSSR count). The Balaban J connectivity index is 2.19. The van der Waals surface area contributed by atoms with E-state index in [1.807, 2.05) is 0 Å². The molecule has 1 aliphatic carbocycles. The predicted octanol–water partition coefficient (Wildman–Crippen LogP) is 8.32. The van der Waals surface area contributed by atoms with Crippen molar-refractivity contribution in [2.24, 2.45) is 0 Å². The molecule has 0 heterocycles. The van der Waals surface area contributed by atoms with Crippen molar-refractivity contribution in [3.8, 4) is 0 Å². The van der Waals surface area contributed by atoms with Crippen LogP contribution < -0.4 is 0 Å². The molecule has 0 amide bonds. The van der Waals surface area contributed by atoms with E-state index in [2.05, 4.69) is 92.8 Å². The van der Waals surface area contributed by atoms with E-state index in [4.69, 9.17) is 4.74 Å². The second-order valence-corrected chi connectivity index (χ2v) is 26.7. The van der Waals surface area contributed by atoms with Gasteiger partial charge in [0, 0.05) is 0 Å². The maximum absolute atomic E-state index is 14.1. The summed E-state index contributed by atoms with van der Waals surface area (Å²) in [5.41, 5.74) is 7.03. The first-order chi connectivity index (χ1) is 14.9. The van der Waals surface area contributed by atoms with Gasteiger partial charge in [0.2, 0.25) is 0 Å². The molecule has 0 saturated heterocycles. The normalized spacial score (nSPS) is 18.9. The van der Waals surface area contributed by atoms with Crippen molar-refractivity contribution in [1.82, 2.24) is 0 Å². The summed E-state index contributed by atoms with van der Waals surface area (Å²) < 4.78 is 6.38. The van der Waals surface area contributed by atoms with Gasteiger partial charge < -0.3 is 0 Å². The van der Waals surface area contributed by atoms with Gasteiger partial charge in [0.25, 0.3) is 0 Å². The molecule has 0 fully saturated rings. The first-order valence-corrected chi connectivity index (χ1v) is 22.4. The van der Waals surface area contributed by atoms with Crippen LogP contribution in [0.5, 0.6) is 0 Å². The van der Waals surface area contributed by atoms with Crippen LogP contribution in [-0.4, -0.2) is 24.3 Å². The van der Waals surface area contributed by atoms with Gasteiger partial charge in [-0.15, -0.1) is 0 Å². The number of fused-ring (bicyclic) bond motifs is 1. The summed E-state index contributed by atoms with van der Waals surface area (Å²) in [7, 11) is 0. The van der Waals surface area contributed by atoms with Gasteiger partial charge in [-0.1, -0.05) is 0 Å². The third-order valence-electron chi connectivity index (χ3n) is 7.24. The number of hydrogen-bond acceptors (Lipinski definition) is 2. The minimum atomic E-state index is -2.78. The third kappa shape index (κ3) is 4.67. The van der Waals surface area contributed by atoms with E-state index in [0.29, 0.717) is 5.92 Å².